The van der Waals surface area contributed by atoms with E-state index in [1.807, 2.05) is 0 Å². The first kappa shape index (κ1) is 19.4. The number of aromatic amines is 1. The molecular formula is C21H13F4N3O2. The predicted molar refractivity (Wildman–Crippen MR) is 101 cm³/mol. The van der Waals surface area contributed by atoms with Crippen molar-refractivity contribution in [2.24, 2.45) is 0 Å². The fraction of sp³-hybridized carbons (Fsp3) is 0.0476. The number of nitrogens with zero attached hydrogens (tertiary/aromatic N) is 2. The van der Waals surface area contributed by atoms with Crippen molar-refractivity contribution in [2.45, 2.75) is 6.18 Å². The van der Waals surface area contributed by atoms with Crippen LogP contribution in [0.15, 0.2) is 71.7 Å². The molecule has 2 aromatic carbocycles. The second kappa shape index (κ2) is 7.18. The Morgan fingerprint density at radius 1 is 0.967 bits per heavy atom. The van der Waals surface area contributed by atoms with E-state index in [4.69, 9.17) is 0 Å². The smallest absolute Gasteiger partial charge is 0.417 e. The maximum Gasteiger partial charge on any atom is 0.417 e. The van der Waals surface area contributed by atoms with Gasteiger partial charge in [-0.1, -0.05) is 18.2 Å². The zero-order valence-electron chi connectivity index (χ0n) is 15.1. The minimum absolute atomic E-state index is 0.000291. The molecule has 2 aromatic heterocycles. The van der Waals surface area contributed by atoms with E-state index in [0.29, 0.717) is 10.3 Å². The topological polar surface area (TPSA) is 70.9 Å². The lowest BCUT2D eigenvalue weighted by atomic mass is 10.1. The summed E-state index contributed by atoms with van der Waals surface area (Å²) in [5, 5.41) is 10.8. The van der Waals surface area contributed by atoms with Gasteiger partial charge in [0, 0.05) is 29.0 Å². The van der Waals surface area contributed by atoms with E-state index < -0.39 is 23.1 Å². The second-order valence-electron chi connectivity index (χ2n) is 6.44. The van der Waals surface area contributed by atoms with E-state index in [2.05, 4.69) is 9.97 Å². The number of pyridine rings is 1. The van der Waals surface area contributed by atoms with Crippen molar-refractivity contribution < 1.29 is 22.8 Å². The van der Waals surface area contributed by atoms with Crippen LogP contribution in [0.25, 0.3) is 33.9 Å². The molecule has 0 aliphatic rings. The number of hydrogen-bond donors (Lipinski definition) is 2. The number of hydrogen-bond acceptors (Lipinski definition) is 3. The summed E-state index contributed by atoms with van der Waals surface area (Å²) in [5.41, 5.74) is -1.12. The van der Waals surface area contributed by atoms with Crippen molar-refractivity contribution in [3.05, 3.63) is 88.6 Å². The molecule has 0 bridgehead atoms. The first-order valence-electron chi connectivity index (χ1n) is 8.69. The standard InChI is InChI=1S/C21H13F4N3O2/c22-14-7-5-12(6-8-14)18-19(13-9-10-26-17(29)11-13)28(30)20(27-18)15-3-1-2-4-16(15)21(23,24)25/h1-11,30H,(H,26,29). The molecule has 5 nitrogen and oxygen atoms in total. The molecule has 152 valence electrons. The summed E-state index contributed by atoms with van der Waals surface area (Å²) in [6, 6.07) is 12.4. The summed E-state index contributed by atoms with van der Waals surface area (Å²) in [7, 11) is 0. The Labute approximate surface area is 166 Å². The predicted octanol–water partition coefficient (Wildman–Crippen LogP) is 4.97. The number of benzene rings is 2. The van der Waals surface area contributed by atoms with Gasteiger partial charge in [0.1, 0.15) is 17.2 Å². The molecule has 0 spiro atoms. The van der Waals surface area contributed by atoms with Crippen molar-refractivity contribution in [2.75, 3.05) is 0 Å². The fourth-order valence-corrected chi connectivity index (χ4v) is 3.17. The Hall–Kier alpha value is -3.88. The SMILES string of the molecule is O=c1cc(-c2c(-c3ccc(F)cc3)nc(-c3ccccc3C(F)(F)F)n2O)cc[nH]1. The van der Waals surface area contributed by atoms with Gasteiger partial charge in [0.15, 0.2) is 5.82 Å². The van der Waals surface area contributed by atoms with Crippen molar-refractivity contribution >= 4 is 0 Å². The minimum atomic E-state index is -4.68. The molecule has 0 radical (unpaired) electrons. The average molecular weight is 415 g/mol. The molecule has 2 N–H and O–H groups in total. The van der Waals surface area contributed by atoms with Crippen molar-refractivity contribution in [3.63, 3.8) is 0 Å². The van der Waals surface area contributed by atoms with Gasteiger partial charge >= 0.3 is 6.18 Å². The minimum Gasteiger partial charge on any atom is -0.426 e. The number of alkyl halides is 3. The highest BCUT2D eigenvalue weighted by molar-refractivity contribution is 5.82. The third kappa shape index (κ3) is 3.45. The Morgan fingerprint density at radius 2 is 1.67 bits per heavy atom. The summed E-state index contributed by atoms with van der Waals surface area (Å²) in [5.74, 6) is -0.875. The molecule has 0 amide bonds. The number of halogens is 4. The van der Waals surface area contributed by atoms with Gasteiger partial charge in [-0.2, -0.15) is 17.9 Å². The molecule has 0 saturated carbocycles. The Balaban J connectivity index is 2.03. The van der Waals surface area contributed by atoms with Crippen LogP contribution in [0.1, 0.15) is 5.56 Å². The summed E-state index contributed by atoms with van der Waals surface area (Å²) < 4.78 is 54.4. The Kier molecular flexibility index (Phi) is 4.65. The van der Waals surface area contributed by atoms with Gasteiger partial charge in [-0.15, -0.1) is 0 Å². The van der Waals surface area contributed by atoms with Gasteiger partial charge in [0.2, 0.25) is 5.56 Å². The molecule has 0 atom stereocenters. The van der Waals surface area contributed by atoms with Gasteiger partial charge in [-0.05, 0) is 36.4 Å². The maximum absolute atomic E-state index is 13.5. The third-order valence-electron chi connectivity index (χ3n) is 4.49. The summed E-state index contributed by atoms with van der Waals surface area (Å²) in [6.07, 6.45) is -3.34. The second-order valence-corrected chi connectivity index (χ2v) is 6.44. The lowest BCUT2D eigenvalue weighted by Gasteiger charge is -2.12. The fourth-order valence-electron chi connectivity index (χ4n) is 3.17. The van der Waals surface area contributed by atoms with Crippen LogP contribution in [0.2, 0.25) is 0 Å². The maximum atomic E-state index is 13.5. The normalized spacial score (nSPS) is 11.6. The van der Waals surface area contributed by atoms with Crippen LogP contribution in [0.3, 0.4) is 0 Å². The number of H-pyrrole nitrogens is 1. The highest BCUT2D eigenvalue weighted by atomic mass is 19.4. The molecule has 0 fully saturated rings. The van der Waals surface area contributed by atoms with Gasteiger partial charge in [-0.25, -0.2) is 9.37 Å². The van der Waals surface area contributed by atoms with Crippen LogP contribution in [-0.4, -0.2) is 19.9 Å². The van der Waals surface area contributed by atoms with E-state index >= 15 is 0 Å². The molecule has 2 heterocycles. The number of imidazole rings is 1. The lowest BCUT2D eigenvalue weighted by molar-refractivity contribution is -0.137. The average Bonchev–Trinajstić information content (AvgIpc) is 3.05. The zero-order valence-corrected chi connectivity index (χ0v) is 15.1. The van der Waals surface area contributed by atoms with Crippen LogP contribution < -0.4 is 5.56 Å². The number of nitrogens with one attached hydrogen (secondary N) is 1. The molecule has 0 unspecified atom stereocenters. The largest absolute Gasteiger partial charge is 0.426 e. The highest BCUT2D eigenvalue weighted by Gasteiger charge is 2.35. The summed E-state index contributed by atoms with van der Waals surface area (Å²) >= 11 is 0. The van der Waals surface area contributed by atoms with E-state index in [9.17, 15) is 27.6 Å². The van der Waals surface area contributed by atoms with Gasteiger partial charge in [-0.3, -0.25) is 4.79 Å². The Bertz CT molecular complexity index is 1270. The van der Waals surface area contributed by atoms with Crippen molar-refractivity contribution in [1.82, 2.24) is 14.7 Å². The molecule has 0 aliphatic heterocycles. The Morgan fingerprint density at radius 3 is 2.33 bits per heavy atom. The van der Waals surface area contributed by atoms with Crippen LogP contribution in [-0.2, 0) is 6.18 Å². The third-order valence-corrected chi connectivity index (χ3v) is 4.49. The van der Waals surface area contributed by atoms with Gasteiger partial charge in [0.25, 0.3) is 0 Å². The van der Waals surface area contributed by atoms with E-state index in [-0.39, 0.29) is 28.3 Å². The van der Waals surface area contributed by atoms with Crippen molar-refractivity contribution in [1.29, 1.82) is 0 Å². The monoisotopic (exact) mass is 415 g/mol. The number of aromatic nitrogens is 3. The molecule has 0 aliphatic carbocycles. The van der Waals surface area contributed by atoms with Gasteiger partial charge in [0.05, 0.1) is 5.56 Å². The van der Waals surface area contributed by atoms with Crippen LogP contribution in [0, 0.1) is 5.82 Å². The van der Waals surface area contributed by atoms with Gasteiger partial charge < -0.3 is 10.2 Å². The molecule has 9 heteroatoms. The zero-order chi connectivity index (χ0) is 21.5. The van der Waals surface area contributed by atoms with Crippen molar-refractivity contribution in [3.8, 4) is 33.9 Å². The van der Waals surface area contributed by atoms with Crippen LogP contribution in [0.5, 0.6) is 0 Å². The van der Waals surface area contributed by atoms with Crippen LogP contribution >= 0.6 is 0 Å². The van der Waals surface area contributed by atoms with Crippen LogP contribution in [0.4, 0.5) is 17.6 Å². The molecule has 4 rings (SSSR count). The van der Waals surface area contributed by atoms with E-state index in [1.165, 1.54) is 48.7 Å². The quantitative estimate of drug-likeness (QED) is 0.367. The highest BCUT2D eigenvalue weighted by Crippen LogP contribution is 2.40. The van der Waals surface area contributed by atoms with E-state index in [0.717, 1.165) is 18.2 Å². The molecule has 4 aromatic rings. The summed E-state index contributed by atoms with van der Waals surface area (Å²) in [4.78, 5) is 18.4. The first-order chi connectivity index (χ1) is 14.3. The first-order valence-corrected chi connectivity index (χ1v) is 8.69. The summed E-state index contributed by atoms with van der Waals surface area (Å²) in [6.45, 7) is 0. The molecule has 0 saturated heterocycles. The lowest BCUT2D eigenvalue weighted by Crippen LogP contribution is -2.09. The molecular weight excluding hydrogens is 402 g/mol. The van der Waals surface area contributed by atoms with E-state index in [1.54, 1.807) is 0 Å². The molecule has 30 heavy (non-hydrogen) atoms. The number of rotatable bonds is 3.